The van der Waals surface area contributed by atoms with E-state index in [0.29, 0.717) is 25.4 Å². The number of hydrazine groups is 1. The van der Waals surface area contributed by atoms with Crippen molar-refractivity contribution in [2.24, 2.45) is 0 Å². The first-order valence-corrected chi connectivity index (χ1v) is 15.6. The lowest BCUT2D eigenvalue weighted by molar-refractivity contribution is 0.0174. The zero-order valence-corrected chi connectivity index (χ0v) is 27.0. The molecule has 0 saturated carbocycles. The van der Waals surface area contributed by atoms with E-state index in [4.69, 9.17) is 4.74 Å². The van der Waals surface area contributed by atoms with Crippen molar-refractivity contribution in [1.29, 1.82) is 0 Å². The number of piperazine rings is 1. The van der Waals surface area contributed by atoms with E-state index in [9.17, 15) is 13.6 Å². The van der Waals surface area contributed by atoms with Crippen molar-refractivity contribution in [3.05, 3.63) is 83.3 Å². The lowest BCUT2D eigenvalue weighted by atomic mass is 10.1. The van der Waals surface area contributed by atoms with Gasteiger partial charge in [-0.3, -0.25) is 9.89 Å². The van der Waals surface area contributed by atoms with Crippen molar-refractivity contribution in [2.75, 3.05) is 80.5 Å². The number of alkyl halides is 2. The van der Waals surface area contributed by atoms with Gasteiger partial charge in [0.2, 0.25) is 0 Å². The van der Waals surface area contributed by atoms with Crippen LogP contribution in [0.5, 0.6) is 0 Å². The average Bonchev–Trinajstić information content (AvgIpc) is 3.57. The number of likely N-dealkylation sites (N-methyl/N-ethyl adjacent to an activating group) is 1. The number of aryl methyl sites for hydroxylation is 1. The molecule has 2 aliphatic heterocycles. The van der Waals surface area contributed by atoms with Gasteiger partial charge in [-0.05, 0) is 43.8 Å². The molecule has 2 fully saturated rings. The van der Waals surface area contributed by atoms with Gasteiger partial charge in [0.1, 0.15) is 24.1 Å². The number of hydrogen-bond acceptors (Lipinski definition) is 10. The molecule has 14 heteroatoms. The predicted molar refractivity (Wildman–Crippen MR) is 177 cm³/mol. The fourth-order valence-electron chi connectivity index (χ4n) is 5.68. The smallest absolute Gasteiger partial charge is 0.270 e. The van der Waals surface area contributed by atoms with E-state index >= 15 is 0 Å². The van der Waals surface area contributed by atoms with Gasteiger partial charge in [-0.2, -0.15) is 5.10 Å². The number of ether oxygens (including phenoxy) is 1. The van der Waals surface area contributed by atoms with Crippen molar-refractivity contribution < 1.29 is 18.3 Å². The Morgan fingerprint density at radius 3 is 2.66 bits per heavy atom. The monoisotopic (exact) mass is 646 g/mol. The summed E-state index contributed by atoms with van der Waals surface area (Å²) in [6.45, 7) is 8.37. The zero-order valence-electron chi connectivity index (χ0n) is 27.0. The molecule has 2 aromatic carbocycles. The van der Waals surface area contributed by atoms with Crippen LogP contribution >= 0.6 is 0 Å². The largest absolute Gasteiger partial charge is 0.368 e. The number of hydrogen-bond donors (Lipinski definition) is 3. The highest BCUT2D eigenvalue weighted by atomic mass is 19.3. The van der Waals surface area contributed by atoms with Gasteiger partial charge in [-0.1, -0.05) is 18.2 Å². The van der Waals surface area contributed by atoms with E-state index in [2.05, 4.69) is 52.8 Å². The third-order valence-electron chi connectivity index (χ3n) is 8.56. The summed E-state index contributed by atoms with van der Waals surface area (Å²) in [5.41, 5.74) is 6.51. The van der Waals surface area contributed by atoms with Crippen molar-refractivity contribution in [1.82, 2.24) is 30.1 Å². The third kappa shape index (κ3) is 7.67. The van der Waals surface area contributed by atoms with Gasteiger partial charge in [0.25, 0.3) is 11.8 Å². The molecule has 3 N–H and O–H groups in total. The third-order valence-corrected chi connectivity index (χ3v) is 8.56. The predicted octanol–water partition coefficient (Wildman–Crippen LogP) is 4.79. The second-order valence-electron chi connectivity index (χ2n) is 12.1. The van der Waals surface area contributed by atoms with Crippen LogP contribution in [0.25, 0.3) is 0 Å². The molecule has 4 aromatic rings. The summed E-state index contributed by atoms with van der Waals surface area (Å²) in [6.07, 6.45) is 1.32. The molecule has 0 bridgehead atoms. The molecule has 1 amide bonds. The number of halogens is 2. The summed E-state index contributed by atoms with van der Waals surface area (Å²) in [5, 5.41) is 12.7. The number of anilines is 5. The van der Waals surface area contributed by atoms with Crippen LogP contribution < -0.4 is 20.5 Å². The number of H-pyrrole nitrogens is 1. The molecule has 12 nitrogen and oxygen atoms in total. The Bertz CT molecular complexity index is 1700. The number of rotatable bonds is 9. The number of benzene rings is 2. The van der Waals surface area contributed by atoms with Crippen molar-refractivity contribution in [3.8, 4) is 0 Å². The first kappa shape index (κ1) is 32.3. The Hall–Kier alpha value is -4.66. The van der Waals surface area contributed by atoms with Crippen LogP contribution in [0.15, 0.2) is 60.9 Å². The molecule has 248 valence electrons. The summed E-state index contributed by atoms with van der Waals surface area (Å²) >= 11 is 0. The summed E-state index contributed by atoms with van der Waals surface area (Å²) < 4.78 is 33.8. The van der Waals surface area contributed by atoms with Crippen molar-refractivity contribution >= 4 is 34.7 Å². The average molecular weight is 647 g/mol. The van der Waals surface area contributed by atoms with Crippen molar-refractivity contribution in [3.63, 3.8) is 0 Å². The summed E-state index contributed by atoms with van der Waals surface area (Å²) in [5.74, 6) is -1.23. The SMILES string of the molecule is Cc1ccc(NC(=O)c2cccc(C(C)(F)F)c2)cc1N(C)c1cc(N2CCOC(c3cc(NN4CCN(C)CC4)ncn3)C2)n[nH]1. The molecule has 2 saturated heterocycles. The Balaban J connectivity index is 1.12. The molecular formula is C33H40F2N10O2. The van der Waals surface area contributed by atoms with E-state index in [1.54, 1.807) is 12.4 Å². The summed E-state index contributed by atoms with van der Waals surface area (Å²) in [6, 6.07) is 15.0. The number of carbonyl (C=O) groups is 1. The highest BCUT2D eigenvalue weighted by Gasteiger charge is 2.27. The molecule has 0 spiro atoms. The first-order chi connectivity index (χ1) is 22.5. The zero-order chi connectivity index (χ0) is 33.1. The first-order valence-electron chi connectivity index (χ1n) is 15.6. The molecule has 0 radical (unpaired) electrons. The highest BCUT2D eigenvalue weighted by Crippen LogP contribution is 2.32. The second-order valence-corrected chi connectivity index (χ2v) is 12.1. The van der Waals surface area contributed by atoms with Gasteiger partial charge in [-0.15, -0.1) is 0 Å². The number of aromatic amines is 1. The second kappa shape index (κ2) is 13.6. The number of amides is 1. The van der Waals surface area contributed by atoms with Gasteiger partial charge in [-0.25, -0.2) is 23.8 Å². The number of nitrogens with one attached hydrogen (secondary N) is 3. The summed E-state index contributed by atoms with van der Waals surface area (Å²) in [7, 11) is 4.04. The van der Waals surface area contributed by atoms with Crippen LogP contribution in [0, 0.1) is 6.92 Å². The van der Waals surface area contributed by atoms with Gasteiger partial charge in [0.15, 0.2) is 5.82 Å². The molecular weight excluding hydrogens is 606 g/mol. The quantitative estimate of drug-likeness (QED) is 0.234. The van der Waals surface area contributed by atoms with Crippen LogP contribution in [0.1, 0.15) is 40.2 Å². The number of nitrogens with zero attached hydrogens (tertiary/aromatic N) is 7. The Morgan fingerprint density at radius 2 is 1.87 bits per heavy atom. The molecule has 2 aliphatic rings. The summed E-state index contributed by atoms with van der Waals surface area (Å²) in [4.78, 5) is 28.3. The topological polar surface area (TPSA) is 118 Å². The Morgan fingerprint density at radius 1 is 1.06 bits per heavy atom. The Kier molecular flexibility index (Phi) is 9.34. The molecule has 2 aromatic heterocycles. The number of carbonyl (C=O) groups excluding carboxylic acids is 1. The molecule has 1 unspecified atom stereocenters. The minimum absolute atomic E-state index is 0.158. The van der Waals surface area contributed by atoms with Gasteiger partial charge >= 0.3 is 0 Å². The minimum Gasteiger partial charge on any atom is -0.368 e. The fourth-order valence-corrected chi connectivity index (χ4v) is 5.68. The molecule has 1 atom stereocenters. The van der Waals surface area contributed by atoms with Gasteiger partial charge in [0.05, 0.1) is 18.8 Å². The molecule has 6 rings (SSSR count). The van der Waals surface area contributed by atoms with Crippen LogP contribution in [0.2, 0.25) is 0 Å². The number of morpholine rings is 1. The van der Waals surface area contributed by atoms with Crippen LogP contribution in [-0.2, 0) is 10.7 Å². The standard InChI is InChI=1S/C33H40F2N10O2/c1-22-8-9-25(38-32(46)23-6-5-7-24(16-23)33(2,34)35)17-27(22)43(4)30-19-31(40-39-30)44-14-15-47-28(20-44)26-18-29(37-21-36-26)41-45-12-10-42(3)11-13-45/h5-9,16-19,21,28H,10-15,20H2,1-4H3,(H,38,46)(H,39,40)(H,36,37,41). The van der Waals surface area contributed by atoms with Crippen LogP contribution in [0.3, 0.4) is 0 Å². The van der Waals surface area contributed by atoms with Crippen molar-refractivity contribution in [2.45, 2.75) is 25.9 Å². The maximum atomic E-state index is 13.8. The minimum atomic E-state index is -3.04. The molecule has 47 heavy (non-hydrogen) atoms. The molecule has 4 heterocycles. The maximum Gasteiger partial charge on any atom is 0.270 e. The van der Waals surface area contributed by atoms with E-state index in [0.717, 1.165) is 67.5 Å². The van der Waals surface area contributed by atoms with Crippen LogP contribution in [0.4, 0.5) is 37.6 Å². The van der Waals surface area contributed by atoms with E-state index < -0.39 is 11.8 Å². The number of aromatic nitrogens is 4. The van der Waals surface area contributed by atoms with Gasteiger partial charge in [0, 0.05) is 81.3 Å². The lowest BCUT2D eigenvalue weighted by Crippen LogP contribution is -2.47. The van der Waals surface area contributed by atoms with E-state index in [-0.39, 0.29) is 17.2 Å². The van der Waals surface area contributed by atoms with E-state index in [1.165, 1.54) is 24.3 Å². The van der Waals surface area contributed by atoms with E-state index in [1.807, 2.05) is 43.1 Å². The Labute approximate surface area is 272 Å². The fraction of sp³-hybridized carbons (Fsp3) is 0.394. The van der Waals surface area contributed by atoms with Gasteiger partial charge < -0.3 is 30.2 Å². The maximum absolute atomic E-state index is 13.8. The molecule has 0 aliphatic carbocycles. The lowest BCUT2D eigenvalue weighted by Gasteiger charge is -2.34. The highest BCUT2D eigenvalue weighted by molar-refractivity contribution is 6.04. The van der Waals surface area contributed by atoms with Crippen LogP contribution in [-0.4, -0.2) is 96.0 Å². The normalized spacial score (nSPS) is 17.8.